The average molecular weight is 406 g/mol. The Bertz CT molecular complexity index is 1120. The fraction of sp³-hybridized carbons (Fsp3) is 0.111. The summed E-state index contributed by atoms with van der Waals surface area (Å²) in [6.45, 7) is 0. The van der Waals surface area contributed by atoms with E-state index >= 15 is 0 Å². The zero-order valence-corrected chi connectivity index (χ0v) is 16.1. The topological polar surface area (TPSA) is 88.6 Å². The molecule has 0 unspecified atom stereocenters. The van der Waals surface area contributed by atoms with Crippen molar-refractivity contribution in [1.82, 2.24) is 9.45 Å². The van der Waals surface area contributed by atoms with Crippen LogP contribution in [0.4, 0.5) is 5.82 Å². The van der Waals surface area contributed by atoms with Crippen LogP contribution in [-0.2, 0) is 14.9 Å². The maximum Gasteiger partial charge on any atom is 0.266 e. The van der Waals surface area contributed by atoms with Crippen LogP contribution in [0.3, 0.4) is 0 Å². The number of anilines is 1. The van der Waals surface area contributed by atoms with E-state index in [4.69, 9.17) is 16.4 Å². The number of halogens is 1. The number of sulfonamides is 1. The van der Waals surface area contributed by atoms with Crippen LogP contribution in [0.15, 0.2) is 59.5 Å². The quantitative estimate of drug-likeness (QED) is 0.658. The van der Waals surface area contributed by atoms with Gasteiger partial charge in [-0.15, -0.1) is 0 Å². The van der Waals surface area contributed by atoms with Gasteiger partial charge in [-0.05, 0) is 36.4 Å². The molecule has 1 heterocycles. The van der Waals surface area contributed by atoms with Gasteiger partial charge in [-0.25, -0.2) is 13.4 Å². The normalized spacial score (nSPS) is 11.7. The Hall–Kier alpha value is -2.52. The molecule has 1 amide bonds. The monoisotopic (exact) mass is 405 g/mol. The molecule has 27 heavy (non-hydrogen) atoms. The first kappa shape index (κ1) is 19.2. The first-order chi connectivity index (χ1) is 12.8. The highest BCUT2D eigenvalue weighted by Crippen LogP contribution is 2.26. The third-order valence-electron chi connectivity index (χ3n) is 3.91. The van der Waals surface area contributed by atoms with Crippen molar-refractivity contribution in [2.75, 3.05) is 19.5 Å². The zero-order valence-electron chi connectivity index (χ0n) is 14.5. The van der Waals surface area contributed by atoms with Crippen LogP contribution in [-0.4, -0.2) is 37.9 Å². The van der Waals surface area contributed by atoms with Gasteiger partial charge in [0.05, 0.1) is 17.6 Å². The van der Waals surface area contributed by atoms with Crippen molar-refractivity contribution in [3.8, 4) is 0 Å². The molecule has 0 aliphatic carbocycles. The van der Waals surface area contributed by atoms with Crippen LogP contribution >= 0.6 is 11.6 Å². The van der Waals surface area contributed by atoms with Crippen LogP contribution in [0.25, 0.3) is 10.9 Å². The molecule has 3 rings (SSSR count). The molecule has 0 saturated heterocycles. The van der Waals surface area contributed by atoms with Gasteiger partial charge in [0.25, 0.3) is 15.9 Å². The number of carbonyl (C=O) groups is 1. The van der Waals surface area contributed by atoms with E-state index < -0.39 is 15.9 Å². The summed E-state index contributed by atoms with van der Waals surface area (Å²) in [5, 5.41) is 3.59. The molecule has 0 radical (unpaired) electrons. The Morgan fingerprint density at radius 1 is 1.15 bits per heavy atom. The predicted octanol–water partition coefficient (Wildman–Crippen LogP) is 3.32. The number of hydrogen-bond acceptors (Lipinski definition) is 5. The van der Waals surface area contributed by atoms with Gasteiger partial charge in [-0.3, -0.25) is 9.63 Å². The van der Waals surface area contributed by atoms with E-state index in [-0.39, 0.29) is 15.5 Å². The summed E-state index contributed by atoms with van der Waals surface area (Å²) in [4.78, 5) is 21.4. The lowest BCUT2D eigenvalue weighted by atomic mass is 10.2. The molecule has 140 valence electrons. The highest BCUT2D eigenvalue weighted by atomic mass is 35.5. The molecule has 1 N–H and O–H groups in total. The second-order valence-corrected chi connectivity index (χ2v) is 7.90. The number of hydrogen-bond donors (Lipinski definition) is 1. The second-order valence-electron chi connectivity index (χ2n) is 5.59. The molecule has 9 heteroatoms. The first-order valence-corrected chi connectivity index (χ1v) is 9.64. The molecule has 0 fully saturated rings. The summed E-state index contributed by atoms with van der Waals surface area (Å²) in [6.07, 6.45) is 0. The number of aromatic nitrogens is 1. The number of fused-ring (bicyclic) bond motifs is 1. The number of carbonyl (C=O) groups excluding carboxylic acids is 1. The minimum Gasteiger partial charge on any atom is -0.307 e. The van der Waals surface area contributed by atoms with Gasteiger partial charge < -0.3 is 5.32 Å². The molecular weight excluding hydrogens is 390 g/mol. The van der Waals surface area contributed by atoms with E-state index in [1.54, 1.807) is 6.07 Å². The maximum atomic E-state index is 12.5. The standard InChI is InChI=1S/C18H16ClN3O4S/c1-22(26-2)27(24,25)16-11-13(7-9-14(16)19)18(23)21-17-10-8-12-5-3-4-6-15(12)20-17/h3-11H,1-2H3,(H,20,21,23). The third kappa shape index (κ3) is 3.93. The van der Waals surface area contributed by atoms with Gasteiger partial charge in [0.15, 0.2) is 0 Å². The molecular formula is C18H16ClN3O4S. The Kier molecular flexibility index (Phi) is 5.43. The smallest absolute Gasteiger partial charge is 0.266 e. The van der Waals surface area contributed by atoms with Crippen molar-refractivity contribution in [1.29, 1.82) is 0 Å². The third-order valence-corrected chi connectivity index (χ3v) is 6.07. The van der Waals surface area contributed by atoms with Crippen molar-refractivity contribution < 1.29 is 18.0 Å². The summed E-state index contributed by atoms with van der Waals surface area (Å²) >= 11 is 6.01. The van der Waals surface area contributed by atoms with Crippen LogP contribution in [0.1, 0.15) is 10.4 Å². The van der Waals surface area contributed by atoms with E-state index in [9.17, 15) is 13.2 Å². The largest absolute Gasteiger partial charge is 0.307 e. The van der Waals surface area contributed by atoms with Crippen molar-refractivity contribution in [2.24, 2.45) is 0 Å². The summed E-state index contributed by atoms with van der Waals surface area (Å²) < 4.78 is 25.5. The van der Waals surface area contributed by atoms with Gasteiger partial charge in [-0.1, -0.05) is 34.3 Å². The number of amides is 1. The average Bonchev–Trinajstić information content (AvgIpc) is 2.67. The highest BCUT2D eigenvalue weighted by molar-refractivity contribution is 7.89. The van der Waals surface area contributed by atoms with Gasteiger partial charge in [0, 0.05) is 18.0 Å². The summed E-state index contributed by atoms with van der Waals surface area (Å²) in [7, 11) is -1.54. The minimum atomic E-state index is -3.99. The molecule has 0 atom stereocenters. The Balaban J connectivity index is 1.91. The number of hydroxylamine groups is 1. The molecule has 3 aromatic rings. The molecule has 7 nitrogen and oxygen atoms in total. The minimum absolute atomic E-state index is 0.0146. The number of pyridine rings is 1. The molecule has 0 saturated carbocycles. The lowest BCUT2D eigenvalue weighted by Crippen LogP contribution is -2.26. The summed E-state index contributed by atoms with van der Waals surface area (Å²) in [6, 6.07) is 15.0. The summed E-state index contributed by atoms with van der Waals surface area (Å²) in [5.74, 6) is -0.155. The van der Waals surface area contributed by atoms with Crippen LogP contribution in [0, 0.1) is 0 Å². The van der Waals surface area contributed by atoms with Crippen LogP contribution in [0.5, 0.6) is 0 Å². The SMILES string of the molecule is CON(C)S(=O)(=O)c1cc(C(=O)Nc2ccc3ccccc3n2)ccc1Cl. The molecule has 0 spiro atoms. The van der Waals surface area contributed by atoms with E-state index in [0.29, 0.717) is 10.3 Å². The van der Waals surface area contributed by atoms with E-state index in [1.807, 2.05) is 30.3 Å². The van der Waals surface area contributed by atoms with Crippen molar-refractivity contribution >= 4 is 44.3 Å². The molecule has 1 aromatic heterocycles. The number of benzene rings is 2. The lowest BCUT2D eigenvalue weighted by Gasteiger charge is -2.15. The number of nitrogens with one attached hydrogen (secondary N) is 1. The van der Waals surface area contributed by atoms with Gasteiger partial charge in [0.2, 0.25) is 0 Å². The van der Waals surface area contributed by atoms with Gasteiger partial charge >= 0.3 is 0 Å². The van der Waals surface area contributed by atoms with Crippen molar-refractivity contribution in [3.05, 3.63) is 65.2 Å². The van der Waals surface area contributed by atoms with Crippen LogP contribution < -0.4 is 5.32 Å². The van der Waals surface area contributed by atoms with E-state index in [1.165, 1.54) is 32.4 Å². The molecule has 0 bridgehead atoms. The predicted molar refractivity (Wildman–Crippen MR) is 103 cm³/mol. The Morgan fingerprint density at radius 2 is 1.89 bits per heavy atom. The Labute approximate surface area is 161 Å². The molecule has 0 aliphatic heterocycles. The Morgan fingerprint density at radius 3 is 2.63 bits per heavy atom. The first-order valence-electron chi connectivity index (χ1n) is 7.82. The lowest BCUT2D eigenvalue weighted by molar-refractivity contribution is -0.0258. The van der Waals surface area contributed by atoms with E-state index in [0.717, 1.165) is 10.9 Å². The van der Waals surface area contributed by atoms with Crippen molar-refractivity contribution in [3.63, 3.8) is 0 Å². The number of rotatable bonds is 5. The fourth-order valence-corrected chi connectivity index (χ4v) is 3.88. The fourth-order valence-electron chi connectivity index (χ4n) is 2.40. The van der Waals surface area contributed by atoms with Gasteiger partial charge in [0.1, 0.15) is 10.7 Å². The number of para-hydroxylation sites is 1. The van der Waals surface area contributed by atoms with Crippen LogP contribution in [0.2, 0.25) is 5.02 Å². The van der Waals surface area contributed by atoms with Gasteiger partial charge in [-0.2, -0.15) is 0 Å². The molecule has 2 aromatic carbocycles. The number of nitrogens with zero attached hydrogens (tertiary/aromatic N) is 2. The maximum absolute atomic E-state index is 12.5. The van der Waals surface area contributed by atoms with E-state index in [2.05, 4.69) is 10.3 Å². The second kappa shape index (κ2) is 7.61. The summed E-state index contributed by atoms with van der Waals surface area (Å²) in [5.41, 5.74) is 0.855. The highest BCUT2D eigenvalue weighted by Gasteiger charge is 2.25. The van der Waals surface area contributed by atoms with Crippen molar-refractivity contribution in [2.45, 2.75) is 4.90 Å². The molecule has 0 aliphatic rings. The zero-order chi connectivity index (χ0) is 19.6.